The van der Waals surface area contributed by atoms with Crippen LogP contribution in [0.2, 0.25) is 0 Å². The predicted molar refractivity (Wildman–Crippen MR) is 52.7 cm³/mol. The van der Waals surface area contributed by atoms with Crippen LogP contribution >= 0.6 is 15.9 Å². The normalized spacial score (nSPS) is 14.2. The van der Waals surface area contributed by atoms with Crippen molar-refractivity contribution in [1.82, 2.24) is 0 Å². The molecule has 1 aliphatic heterocycles. The molecule has 0 aromatic heterocycles. The van der Waals surface area contributed by atoms with Crippen molar-refractivity contribution in [2.45, 2.75) is 13.3 Å². The Kier molecular flexibility index (Phi) is 1.76. The van der Waals surface area contributed by atoms with Crippen LogP contribution < -0.4 is 5.32 Å². The first-order valence-corrected chi connectivity index (χ1v) is 4.74. The molecule has 0 saturated carbocycles. The highest BCUT2D eigenvalue weighted by atomic mass is 79.9. The number of fused-ring (bicyclic) bond motifs is 1. The minimum atomic E-state index is 0.398. The molecule has 0 amide bonds. The third-order valence-corrected chi connectivity index (χ3v) is 3.22. The molecule has 2 nitrogen and oxygen atoms in total. The van der Waals surface area contributed by atoms with Crippen LogP contribution in [-0.4, -0.2) is 11.7 Å². The SMILES string of the molecule is Cc1cc2c(c(O)c1Br)CCN2. The Morgan fingerprint density at radius 1 is 1.58 bits per heavy atom. The van der Waals surface area contributed by atoms with Gasteiger partial charge in [0, 0.05) is 17.8 Å². The maximum absolute atomic E-state index is 9.71. The highest BCUT2D eigenvalue weighted by Gasteiger charge is 2.17. The first-order valence-electron chi connectivity index (χ1n) is 3.95. The summed E-state index contributed by atoms with van der Waals surface area (Å²) in [5.74, 6) is 0.398. The summed E-state index contributed by atoms with van der Waals surface area (Å²) in [5.41, 5.74) is 3.18. The lowest BCUT2D eigenvalue weighted by molar-refractivity contribution is 0.466. The van der Waals surface area contributed by atoms with E-state index >= 15 is 0 Å². The highest BCUT2D eigenvalue weighted by molar-refractivity contribution is 9.10. The van der Waals surface area contributed by atoms with Crippen molar-refractivity contribution < 1.29 is 5.11 Å². The minimum absolute atomic E-state index is 0.398. The molecule has 64 valence electrons. The molecular formula is C9H10BrNO. The van der Waals surface area contributed by atoms with Gasteiger partial charge in [-0.05, 0) is 40.9 Å². The van der Waals surface area contributed by atoms with Gasteiger partial charge >= 0.3 is 0 Å². The van der Waals surface area contributed by atoms with E-state index in [0.29, 0.717) is 5.75 Å². The largest absolute Gasteiger partial charge is 0.506 e. The topological polar surface area (TPSA) is 32.3 Å². The van der Waals surface area contributed by atoms with Gasteiger partial charge in [0.15, 0.2) is 0 Å². The van der Waals surface area contributed by atoms with Crippen LogP contribution in [0.3, 0.4) is 0 Å². The first kappa shape index (κ1) is 7.92. The van der Waals surface area contributed by atoms with Gasteiger partial charge in [-0.25, -0.2) is 0 Å². The summed E-state index contributed by atoms with van der Waals surface area (Å²) in [6.07, 6.45) is 0.917. The van der Waals surface area contributed by atoms with Crippen molar-refractivity contribution in [3.8, 4) is 5.75 Å². The van der Waals surface area contributed by atoms with E-state index in [1.54, 1.807) is 0 Å². The Hall–Kier alpha value is -0.700. The van der Waals surface area contributed by atoms with Crippen molar-refractivity contribution in [2.75, 3.05) is 11.9 Å². The number of nitrogens with one attached hydrogen (secondary N) is 1. The third-order valence-electron chi connectivity index (χ3n) is 2.22. The molecule has 0 aliphatic carbocycles. The van der Waals surface area contributed by atoms with Crippen LogP contribution in [-0.2, 0) is 6.42 Å². The lowest BCUT2D eigenvalue weighted by Crippen LogP contribution is -1.90. The molecule has 0 radical (unpaired) electrons. The molecule has 0 fully saturated rings. The van der Waals surface area contributed by atoms with Gasteiger partial charge < -0.3 is 10.4 Å². The predicted octanol–water partition coefficient (Wildman–Crippen LogP) is 2.43. The average Bonchev–Trinajstić information content (AvgIpc) is 2.48. The molecule has 0 unspecified atom stereocenters. The zero-order chi connectivity index (χ0) is 8.72. The lowest BCUT2D eigenvalue weighted by Gasteiger charge is -2.07. The van der Waals surface area contributed by atoms with E-state index in [-0.39, 0.29) is 0 Å². The molecule has 1 aromatic carbocycles. The summed E-state index contributed by atoms with van der Waals surface area (Å²) < 4.78 is 0.824. The number of phenols is 1. The standard InChI is InChI=1S/C9H10BrNO/c1-5-4-7-6(2-3-11-7)9(12)8(5)10/h4,11-12H,2-3H2,1H3. The second-order valence-corrected chi connectivity index (χ2v) is 3.85. The Labute approximate surface area is 79.7 Å². The van der Waals surface area contributed by atoms with Crippen molar-refractivity contribution in [1.29, 1.82) is 0 Å². The second kappa shape index (κ2) is 2.66. The number of rotatable bonds is 0. The minimum Gasteiger partial charge on any atom is -0.506 e. The number of hydrogen-bond acceptors (Lipinski definition) is 2. The van der Waals surface area contributed by atoms with E-state index in [1.807, 2.05) is 6.92 Å². The van der Waals surface area contributed by atoms with Gasteiger partial charge in [-0.15, -0.1) is 0 Å². The van der Waals surface area contributed by atoms with Crippen molar-refractivity contribution in [3.63, 3.8) is 0 Å². The maximum atomic E-state index is 9.71. The quantitative estimate of drug-likeness (QED) is 0.714. The van der Waals surface area contributed by atoms with Gasteiger partial charge in [0.05, 0.1) is 4.47 Å². The summed E-state index contributed by atoms with van der Waals surface area (Å²) >= 11 is 3.35. The number of hydrogen-bond donors (Lipinski definition) is 2. The van der Waals surface area contributed by atoms with Crippen molar-refractivity contribution in [3.05, 3.63) is 21.7 Å². The van der Waals surface area contributed by atoms with E-state index in [1.165, 1.54) is 0 Å². The third kappa shape index (κ3) is 1.00. The summed E-state index contributed by atoms with van der Waals surface area (Å²) in [5, 5.41) is 12.9. The molecule has 0 bridgehead atoms. The van der Waals surface area contributed by atoms with Gasteiger partial charge in [0.1, 0.15) is 5.75 Å². The Balaban J connectivity index is 2.67. The van der Waals surface area contributed by atoms with Crippen LogP contribution in [0, 0.1) is 6.92 Å². The molecule has 2 N–H and O–H groups in total. The van der Waals surface area contributed by atoms with E-state index < -0.39 is 0 Å². The van der Waals surface area contributed by atoms with E-state index in [9.17, 15) is 5.11 Å². The number of aryl methyl sites for hydroxylation is 1. The molecular weight excluding hydrogens is 218 g/mol. The second-order valence-electron chi connectivity index (χ2n) is 3.06. The monoisotopic (exact) mass is 227 g/mol. The van der Waals surface area contributed by atoms with Gasteiger partial charge in [0.2, 0.25) is 0 Å². The fraction of sp³-hybridized carbons (Fsp3) is 0.333. The number of anilines is 1. The van der Waals surface area contributed by atoms with E-state index in [4.69, 9.17) is 0 Å². The van der Waals surface area contributed by atoms with Crippen molar-refractivity contribution in [2.24, 2.45) is 0 Å². The number of benzene rings is 1. The first-order chi connectivity index (χ1) is 5.70. The molecule has 1 aromatic rings. The van der Waals surface area contributed by atoms with Crippen LogP contribution in [0.25, 0.3) is 0 Å². The zero-order valence-corrected chi connectivity index (χ0v) is 8.40. The number of phenolic OH excluding ortho intramolecular Hbond substituents is 1. The van der Waals surface area contributed by atoms with E-state index in [2.05, 4.69) is 27.3 Å². The van der Waals surface area contributed by atoms with Gasteiger partial charge in [-0.2, -0.15) is 0 Å². The van der Waals surface area contributed by atoms with Crippen LogP contribution in [0.4, 0.5) is 5.69 Å². The average molecular weight is 228 g/mol. The molecule has 2 rings (SSSR count). The fourth-order valence-electron chi connectivity index (χ4n) is 1.55. The smallest absolute Gasteiger partial charge is 0.135 e. The van der Waals surface area contributed by atoms with Crippen LogP contribution in [0.1, 0.15) is 11.1 Å². The van der Waals surface area contributed by atoms with Crippen LogP contribution in [0.15, 0.2) is 10.5 Å². The summed E-state index contributed by atoms with van der Waals surface area (Å²) in [7, 11) is 0. The molecule has 1 heterocycles. The maximum Gasteiger partial charge on any atom is 0.135 e. The van der Waals surface area contributed by atoms with Gasteiger partial charge in [-0.1, -0.05) is 0 Å². The lowest BCUT2D eigenvalue weighted by atomic mass is 10.1. The van der Waals surface area contributed by atoms with Gasteiger partial charge in [0.25, 0.3) is 0 Å². The molecule has 1 aliphatic rings. The summed E-state index contributed by atoms with van der Waals surface area (Å²) in [6.45, 7) is 2.91. The zero-order valence-electron chi connectivity index (χ0n) is 6.82. The molecule has 0 saturated heterocycles. The fourth-order valence-corrected chi connectivity index (χ4v) is 1.90. The molecule has 0 spiro atoms. The molecule has 0 atom stereocenters. The Bertz CT molecular complexity index is 336. The molecule has 3 heteroatoms. The summed E-state index contributed by atoms with van der Waals surface area (Å²) in [6, 6.07) is 2.06. The summed E-state index contributed by atoms with van der Waals surface area (Å²) in [4.78, 5) is 0. The van der Waals surface area contributed by atoms with Crippen LogP contribution in [0.5, 0.6) is 5.75 Å². The Morgan fingerprint density at radius 3 is 3.08 bits per heavy atom. The van der Waals surface area contributed by atoms with E-state index in [0.717, 1.165) is 34.3 Å². The van der Waals surface area contributed by atoms with Gasteiger partial charge in [-0.3, -0.25) is 0 Å². The highest BCUT2D eigenvalue weighted by Crippen LogP contribution is 2.38. The Morgan fingerprint density at radius 2 is 2.33 bits per heavy atom. The number of halogens is 1. The van der Waals surface area contributed by atoms with Crippen molar-refractivity contribution >= 4 is 21.6 Å². The molecule has 12 heavy (non-hydrogen) atoms. The number of aromatic hydroxyl groups is 1.